The fourth-order valence-electron chi connectivity index (χ4n) is 2.57. The van der Waals surface area contributed by atoms with Crippen LogP contribution < -0.4 is 5.73 Å². The number of benzene rings is 2. The Morgan fingerprint density at radius 2 is 1.90 bits per heavy atom. The molecular weight excluding hydrogens is 270 g/mol. The molecule has 0 radical (unpaired) electrons. The summed E-state index contributed by atoms with van der Waals surface area (Å²) in [7, 11) is 0. The van der Waals surface area contributed by atoms with Gasteiger partial charge in [-0.15, -0.1) is 0 Å². The van der Waals surface area contributed by atoms with Crippen molar-refractivity contribution in [3.8, 4) is 11.1 Å². The molecule has 3 rings (SSSR count). The molecule has 4 heteroatoms. The van der Waals surface area contributed by atoms with E-state index in [1.54, 1.807) is 30.5 Å². The highest BCUT2D eigenvalue weighted by molar-refractivity contribution is 5.95. The minimum absolute atomic E-state index is 0.332. The SMILES string of the molecule is NCCc1cc(F)c2cccnc2c1-c1cccc(F)c1. The molecule has 0 saturated carbocycles. The highest BCUT2D eigenvalue weighted by Crippen LogP contribution is 2.33. The molecule has 0 saturated heterocycles. The lowest BCUT2D eigenvalue weighted by Crippen LogP contribution is -2.05. The summed E-state index contributed by atoms with van der Waals surface area (Å²) in [6.07, 6.45) is 2.12. The standard InChI is InChI=1S/C17H14F2N2/c18-13-4-1-3-11(9-13)16-12(6-7-20)10-15(19)14-5-2-8-21-17(14)16/h1-5,8-10H,6-7,20H2. The average molecular weight is 284 g/mol. The second-order valence-corrected chi connectivity index (χ2v) is 4.84. The number of pyridine rings is 1. The van der Waals surface area contributed by atoms with Crippen molar-refractivity contribution in [3.63, 3.8) is 0 Å². The molecule has 0 spiro atoms. The molecule has 0 aliphatic rings. The van der Waals surface area contributed by atoms with Gasteiger partial charge in [-0.05, 0) is 54.4 Å². The van der Waals surface area contributed by atoms with Crippen LogP contribution in [0.15, 0.2) is 48.7 Å². The van der Waals surface area contributed by atoms with Crippen molar-refractivity contribution in [2.75, 3.05) is 6.54 Å². The quantitative estimate of drug-likeness (QED) is 0.796. The second-order valence-electron chi connectivity index (χ2n) is 4.84. The van der Waals surface area contributed by atoms with Gasteiger partial charge in [-0.2, -0.15) is 0 Å². The Kier molecular flexibility index (Phi) is 3.62. The maximum absolute atomic E-state index is 14.2. The predicted molar refractivity (Wildman–Crippen MR) is 79.9 cm³/mol. The smallest absolute Gasteiger partial charge is 0.132 e. The van der Waals surface area contributed by atoms with Gasteiger partial charge in [0, 0.05) is 17.1 Å². The molecule has 3 aromatic rings. The first-order chi connectivity index (χ1) is 10.2. The number of halogens is 2. The van der Waals surface area contributed by atoms with Gasteiger partial charge in [0.05, 0.1) is 5.52 Å². The topological polar surface area (TPSA) is 38.9 Å². The van der Waals surface area contributed by atoms with Crippen molar-refractivity contribution in [1.82, 2.24) is 4.98 Å². The summed E-state index contributed by atoms with van der Waals surface area (Å²) in [6, 6.07) is 11.1. The first kappa shape index (κ1) is 13.6. The first-order valence-corrected chi connectivity index (χ1v) is 6.73. The molecular formula is C17H14F2N2. The largest absolute Gasteiger partial charge is 0.330 e. The zero-order valence-corrected chi connectivity index (χ0v) is 11.3. The molecule has 2 N–H and O–H groups in total. The van der Waals surface area contributed by atoms with Gasteiger partial charge in [-0.25, -0.2) is 8.78 Å². The summed E-state index contributed by atoms with van der Waals surface area (Å²) in [5.74, 6) is -0.665. The van der Waals surface area contributed by atoms with Crippen LogP contribution in [0.3, 0.4) is 0 Å². The van der Waals surface area contributed by atoms with E-state index in [1.165, 1.54) is 18.2 Å². The molecule has 0 atom stereocenters. The van der Waals surface area contributed by atoms with Gasteiger partial charge < -0.3 is 5.73 Å². The Balaban J connectivity index is 2.37. The van der Waals surface area contributed by atoms with Gasteiger partial charge in [-0.1, -0.05) is 12.1 Å². The summed E-state index contributed by atoms with van der Waals surface area (Å²) in [4.78, 5) is 4.29. The van der Waals surface area contributed by atoms with Crippen LogP contribution in [0.2, 0.25) is 0 Å². The van der Waals surface area contributed by atoms with E-state index >= 15 is 0 Å². The molecule has 0 aliphatic carbocycles. The van der Waals surface area contributed by atoms with Gasteiger partial charge in [0.1, 0.15) is 11.6 Å². The Labute approximate surface area is 121 Å². The van der Waals surface area contributed by atoms with Crippen molar-refractivity contribution in [3.05, 3.63) is 65.9 Å². The molecule has 0 bridgehead atoms. The maximum Gasteiger partial charge on any atom is 0.132 e. The maximum atomic E-state index is 14.2. The third kappa shape index (κ3) is 2.50. The lowest BCUT2D eigenvalue weighted by atomic mass is 9.94. The summed E-state index contributed by atoms with van der Waals surface area (Å²) in [5, 5.41) is 0.428. The Morgan fingerprint density at radius 3 is 2.67 bits per heavy atom. The van der Waals surface area contributed by atoms with E-state index in [1.807, 2.05) is 0 Å². The lowest BCUT2D eigenvalue weighted by Gasteiger charge is -2.13. The number of fused-ring (bicyclic) bond motifs is 1. The molecule has 2 nitrogen and oxygen atoms in total. The molecule has 2 aromatic carbocycles. The van der Waals surface area contributed by atoms with Crippen LogP contribution in [0.1, 0.15) is 5.56 Å². The monoisotopic (exact) mass is 284 g/mol. The van der Waals surface area contributed by atoms with Crippen molar-refractivity contribution in [1.29, 1.82) is 0 Å². The van der Waals surface area contributed by atoms with Crippen LogP contribution in [0, 0.1) is 11.6 Å². The van der Waals surface area contributed by atoms with Gasteiger partial charge in [-0.3, -0.25) is 4.98 Å². The normalized spacial score (nSPS) is 11.0. The fourth-order valence-corrected chi connectivity index (χ4v) is 2.57. The zero-order chi connectivity index (χ0) is 14.8. The third-order valence-electron chi connectivity index (χ3n) is 3.45. The Morgan fingerprint density at radius 1 is 1.05 bits per heavy atom. The summed E-state index contributed by atoms with van der Waals surface area (Å²) >= 11 is 0. The van der Waals surface area contributed by atoms with Crippen LogP contribution in [-0.2, 0) is 6.42 Å². The molecule has 1 heterocycles. The lowest BCUT2D eigenvalue weighted by molar-refractivity contribution is 0.628. The van der Waals surface area contributed by atoms with Gasteiger partial charge >= 0.3 is 0 Å². The Hall–Kier alpha value is -2.33. The van der Waals surface area contributed by atoms with Crippen LogP contribution in [-0.4, -0.2) is 11.5 Å². The van der Waals surface area contributed by atoms with Crippen LogP contribution in [0.25, 0.3) is 22.0 Å². The van der Waals surface area contributed by atoms with E-state index in [0.29, 0.717) is 29.4 Å². The molecule has 0 unspecified atom stereocenters. The molecule has 21 heavy (non-hydrogen) atoms. The van der Waals surface area contributed by atoms with E-state index in [-0.39, 0.29) is 11.6 Å². The highest BCUT2D eigenvalue weighted by atomic mass is 19.1. The third-order valence-corrected chi connectivity index (χ3v) is 3.45. The summed E-state index contributed by atoms with van der Waals surface area (Å²) in [5.41, 5.74) is 8.32. The van der Waals surface area contributed by atoms with Crippen molar-refractivity contribution < 1.29 is 8.78 Å². The number of nitrogens with zero attached hydrogens (tertiary/aromatic N) is 1. The minimum atomic E-state index is -0.334. The van der Waals surface area contributed by atoms with Crippen LogP contribution in [0.5, 0.6) is 0 Å². The average Bonchev–Trinajstić information content (AvgIpc) is 2.48. The van der Waals surface area contributed by atoms with Crippen molar-refractivity contribution in [2.45, 2.75) is 6.42 Å². The number of rotatable bonds is 3. The van der Waals surface area contributed by atoms with Gasteiger partial charge in [0.15, 0.2) is 0 Å². The van der Waals surface area contributed by atoms with E-state index < -0.39 is 0 Å². The second kappa shape index (κ2) is 5.58. The molecule has 106 valence electrons. The minimum Gasteiger partial charge on any atom is -0.330 e. The highest BCUT2D eigenvalue weighted by Gasteiger charge is 2.14. The van der Waals surface area contributed by atoms with Gasteiger partial charge in [0.2, 0.25) is 0 Å². The number of nitrogens with two attached hydrogens (primary N) is 1. The van der Waals surface area contributed by atoms with E-state index in [9.17, 15) is 8.78 Å². The molecule has 1 aromatic heterocycles. The van der Waals surface area contributed by atoms with Crippen molar-refractivity contribution in [2.24, 2.45) is 5.73 Å². The molecule has 0 fully saturated rings. The first-order valence-electron chi connectivity index (χ1n) is 6.73. The number of hydrogen-bond donors (Lipinski definition) is 1. The van der Waals surface area contributed by atoms with E-state index in [2.05, 4.69) is 4.98 Å². The molecule has 0 aliphatic heterocycles. The van der Waals surface area contributed by atoms with Crippen LogP contribution in [0.4, 0.5) is 8.78 Å². The van der Waals surface area contributed by atoms with E-state index in [0.717, 1.165) is 11.1 Å². The van der Waals surface area contributed by atoms with E-state index in [4.69, 9.17) is 5.73 Å². The zero-order valence-electron chi connectivity index (χ0n) is 11.3. The van der Waals surface area contributed by atoms with Crippen LogP contribution >= 0.6 is 0 Å². The summed E-state index contributed by atoms with van der Waals surface area (Å²) < 4.78 is 27.7. The molecule has 0 amide bonds. The fraction of sp³-hybridized carbons (Fsp3) is 0.118. The summed E-state index contributed by atoms with van der Waals surface area (Å²) in [6.45, 7) is 0.389. The van der Waals surface area contributed by atoms with Crippen molar-refractivity contribution >= 4 is 10.9 Å². The number of aromatic nitrogens is 1. The predicted octanol–water partition coefficient (Wildman–Crippen LogP) is 3.68. The number of hydrogen-bond acceptors (Lipinski definition) is 2. The Bertz CT molecular complexity index is 800. The van der Waals surface area contributed by atoms with Gasteiger partial charge in [0.25, 0.3) is 0 Å².